The van der Waals surface area contributed by atoms with E-state index in [1.165, 1.54) is 0 Å². The number of rotatable bonds is 2. The third-order valence-electron chi connectivity index (χ3n) is 1.27. The smallest absolute Gasteiger partial charge is 0.153 e. The summed E-state index contributed by atoms with van der Waals surface area (Å²) in [4.78, 5) is 1.15. The molecule has 0 aromatic heterocycles. The average Bonchev–Trinajstić information content (AvgIpc) is 2.04. The van der Waals surface area contributed by atoms with Crippen molar-refractivity contribution in [3.63, 3.8) is 0 Å². The highest BCUT2D eigenvalue weighted by atomic mass is 32.2. The summed E-state index contributed by atoms with van der Waals surface area (Å²) in [7, 11) is 3.83. The first-order chi connectivity index (χ1) is 6.18. The van der Waals surface area contributed by atoms with Gasteiger partial charge < -0.3 is 5.43 Å². The molecule has 0 aliphatic rings. The van der Waals surface area contributed by atoms with Crippen molar-refractivity contribution in [2.24, 2.45) is 0 Å². The maximum atomic E-state index is 5.12. The zero-order chi connectivity index (χ0) is 9.68. The number of nitrogens with zero attached hydrogens (tertiary/aromatic N) is 1. The molecule has 0 spiro atoms. The van der Waals surface area contributed by atoms with Gasteiger partial charge in [0.25, 0.3) is 0 Å². The minimum absolute atomic E-state index is 0.760. The van der Waals surface area contributed by atoms with Gasteiger partial charge in [-0.25, -0.2) is 5.01 Å². The highest BCUT2D eigenvalue weighted by molar-refractivity contribution is 8.23. The van der Waals surface area contributed by atoms with E-state index in [1.807, 2.05) is 49.4 Å². The molecule has 1 aromatic carbocycles. The van der Waals surface area contributed by atoms with Gasteiger partial charge in [-0.3, -0.25) is 0 Å². The average molecular weight is 212 g/mol. The van der Waals surface area contributed by atoms with Gasteiger partial charge in [-0.05, 0) is 12.1 Å². The molecule has 4 heteroatoms. The van der Waals surface area contributed by atoms with Crippen LogP contribution in [-0.4, -0.2) is 23.4 Å². The number of nitrogens with one attached hydrogen (secondary N) is 1. The second-order valence-corrected chi connectivity index (χ2v) is 4.46. The topological polar surface area (TPSA) is 15.3 Å². The lowest BCUT2D eigenvalue weighted by atomic mass is 10.4. The molecule has 0 bridgehead atoms. The van der Waals surface area contributed by atoms with Gasteiger partial charge in [0.1, 0.15) is 0 Å². The molecule has 0 aliphatic heterocycles. The highest BCUT2D eigenvalue weighted by Gasteiger charge is 1.98. The van der Waals surface area contributed by atoms with Crippen molar-refractivity contribution in [3.05, 3.63) is 30.3 Å². The van der Waals surface area contributed by atoms with Crippen molar-refractivity contribution in [1.29, 1.82) is 0 Å². The van der Waals surface area contributed by atoms with E-state index in [1.54, 1.807) is 11.8 Å². The van der Waals surface area contributed by atoms with E-state index < -0.39 is 0 Å². The molecular formula is C9H12N2S2. The SMILES string of the molecule is CN(C)NC(=S)Sc1ccccc1. The molecular weight excluding hydrogens is 200 g/mol. The predicted octanol–water partition coefficient (Wildman–Crippen LogP) is 2.13. The molecule has 0 unspecified atom stereocenters. The summed E-state index contributed by atoms with van der Waals surface area (Å²) in [6.45, 7) is 0. The number of hydrogen-bond donors (Lipinski definition) is 1. The van der Waals surface area contributed by atoms with Gasteiger partial charge >= 0.3 is 0 Å². The third-order valence-corrected chi connectivity index (χ3v) is 2.39. The van der Waals surface area contributed by atoms with Crippen LogP contribution in [0.4, 0.5) is 0 Å². The Bertz CT molecular complexity index is 272. The monoisotopic (exact) mass is 212 g/mol. The first kappa shape index (κ1) is 10.5. The summed E-state index contributed by atoms with van der Waals surface area (Å²) in [6.07, 6.45) is 0. The molecule has 0 radical (unpaired) electrons. The zero-order valence-corrected chi connectivity index (χ0v) is 9.28. The molecule has 0 heterocycles. The van der Waals surface area contributed by atoms with E-state index in [2.05, 4.69) is 5.43 Å². The maximum absolute atomic E-state index is 5.12. The minimum Gasteiger partial charge on any atom is -0.304 e. The molecule has 0 saturated carbocycles. The summed E-state index contributed by atoms with van der Waals surface area (Å²) in [6, 6.07) is 10.1. The van der Waals surface area contributed by atoms with Crippen molar-refractivity contribution >= 4 is 28.3 Å². The van der Waals surface area contributed by atoms with Gasteiger partial charge in [0.2, 0.25) is 0 Å². The van der Waals surface area contributed by atoms with Crippen molar-refractivity contribution in [2.75, 3.05) is 14.1 Å². The van der Waals surface area contributed by atoms with Crippen molar-refractivity contribution in [3.8, 4) is 0 Å². The molecule has 1 N–H and O–H groups in total. The summed E-state index contributed by atoms with van der Waals surface area (Å²) >= 11 is 6.67. The summed E-state index contributed by atoms with van der Waals surface area (Å²) in [5.41, 5.74) is 3.02. The summed E-state index contributed by atoms with van der Waals surface area (Å²) in [5.74, 6) is 0. The normalized spacial score (nSPS) is 10.1. The van der Waals surface area contributed by atoms with E-state index in [4.69, 9.17) is 12.2 Å². The van der Waals surface area contributed by atoms with Crippen LogP contribution in [0, 0.1) is 0 Å². The van der Waals surface area contributed by atoms with Crippen molar-refractivity contribution in [1.82, 2.24) is 10.4 Å². The Morgan fingerprint density at radius 2 is 1.92 bits per heavy atom. The van der Waals surface area contributed by atoms with Crippen molar-refractivity contribution < 1.29 is 0 Å². The lowest BCUT2D eigenvalue weighted by Crippen LogP contribution is -2.33. The molecule has 13 heavy (non-hydrogen) atoms. The van der Waals surface area contributed by atoms with Crippen molar-refractivity contribution in [2.45, 2.75) is 4.90 Å². The Morgan fingerprint density at radius 1 is 1.31 bits per heavy atom. The predicted molar refractivity (Wildman–Crippen MR) is 61.7 cm³/mol. The fraction of sp³-hybridized carbons (Fsp3) is 0.222. The Hall–Kier alpha value is -0.580. The Kier molecular flexibility index (Phi) is 4.21. The molecule has 0 saturated heterocycles. The molecule has 70 valence electrons. The summed E-state index contributed by atoms with van der Waals surface area (Å²) < 4.78 is 0.760. The number of thioether (sulfide) groups is 1. The van der Waals surface area contributed by atoms with E-state index >= 15 is 0 Å². The van der Waals surface area contributed by atoms with Gasteiger partial charge in [0.05, 0.1) is 0 Å². The largest absolute Gasteiger partial charge is 0.304 e. The highest BCUT2D eigenvalue weighted by Crippen LogP contribution is 2.17. The molecule has 0 fully saturated rings. The van der Waals surface area contributed by atoms with Gasteiger partial charge in [-0.15, -0.1) is 0 Å². The first-order valence-corrected chi connectivity index (χ1v) is 5.12. The van der Waals surface area contributed by atoms with Gasteiger partial charge in [0, 0.05) is 19.0 Å². The van der Waals surface area contributed by atoms with E-state index in [-0.39, 0.29) is 0 Å². The fourth-order valence-electron chi connectivity index (χ4n) is 0.801. The van der Waals surface area contributed by atoms with Gasteiger partial charge in [0.15, 0.2) is 4.32 Å². The third kappa shape index (κ3) is 4.26. The Morgan fingerprint density at radius 3 is 2.46 bits per heavy atom. The van der Waals surface area contributed by atoms with E-state index in [9.17, 15) is 0 Å². The molecule has 0 amide bonds. The van der Waals surface area contributed by atoms with Crippen LogP contribution in [0.1, 0.15) is 0 Å². The number of thiocarbonyl (C=S) groups is 1. The number of hydrazine groups is 1. The van der Waals surface area contributed by atoms with Crippen LogP contribution < -0.4 is 5.43 Å². The second-order valence-electron chi connectivity index (χ2n) is 2.71. The Labute approximate surface area is 88.3 Å². The van der Waals surface area contributed by atoms with Crippen LogP contribution in [0.2, 0.25) is 0 Å². The number of benzene rings is 1. The Balaban J connectivity index is 2.46. The molecule has 1 rings (SSSR count). The first-order valence-electron chi connectivity index (χ1n) is 3.89. The zero-order valence-electron chi connectivity index (χ0n) is 7.65. The summed E-state index contributed by atoms with van der Waals surface area (Å²) in [5, 5.41) is 1.83. The van der Waals surface area contributed by atoms with Crippen LogP contribution in [0.3, 0.4) is 0 Å². The van der Waals surface area contributed by atoms with Gasteiger partial charge in [-0.2, -0.15) is 0 Å². The maximum Gasteiger partial charge on any atom is 0.153 e. The number of hydrogen-bond acceptors (Lipinski definition) is 3. The van der Waals surface area contributed by atoms with Crippen LogP contribution >= 0.6 is 24.0 Å². The van der Waals surface area contributed by atoms with Crippen LogP contribution in [-0.2, 0) is 0 Å². The molecule has 0 aliphatic carbocycles. The molecule has 1 aromatic rings. The minimum atomic E-state index is 0.760. The molecule has 2 nitrogen and oxygen atoms in total. The van der Waals surface area contributed by atoms with Crippen LogP contribution in [0.15, 0.2) is 35.2 Å². The van der Waals surface area contributed by atoms with Crippen LogP contribution in [0.5, 0.6) is 0 Å². The lowest BCUT2D eigenvalue weighted by Gasteiger charge is -2.13. The quantitative estimate of drug-likeness (QED) is 0.459. The second kappa shape index (κ2) is 5.21. The fourth-order valence-corrected chi connectivity index (χ4v) is 2.01. The van der Waals surface area contributed by atoms with Gasteiger partial charge in [-0.1, -0.05) is 42.2 Å². The standard InChI is InChI=1S/C9H12N2S2/c1-11(2)10-9(12)13-8-6-4-3-5-7-8/h3-7H,1-2H3,(H,10,12). The van der Waals surface area contributed by atoms with E-state index in [0.29, 0.717) is 0 Å². The van der Waals surface area contributed by atoms with Crippen LogP contribution in [0.25, 0.3) is 0 Å². The lowest BCUT2D eigenvalue weighted by molar-refractivity contribution is 0.368. The van der Waals surface area contributed by atoms with E-state index in [0.717, 1.165) is 9.22 Å². The molecule has 0 atom stereocenters.